The molecular weight excluding hydrogens is 182 g/mol. The van der Waals surface area contributed by atoms with E-state index in [9.17, 15) is 4.79 Å². The van der Waals surface area contributed by atoms with E-state index >= 15 is 0 Å². The lowest BCUT2D eigenvalue weighted by Gasteiger charge is -2.02. The molecule has 5 heteroatoms. The summed E-state index contributed by atoms with van der Waals surface area (Å²) in [5.41, 5.74) is 8.47. The molecule has 1 aromatic heterocycles. The summed E-state index contributed by atoms with van der Waals surface area (Å²) >= 11 is 0. The molecule has 0 saturated heterocycles. The summed E-state index contributed by atoms with van der Waals surface area (Å²) in [4.78, 5) is 19.2. The van der Waals surface area contributed by atoms with Crippen LogP contribution in [0.5, 0.6) is 0 Å². The number of carbonyl (C=O) groups excluding carboxylic acids is 1. The van der Waals surface area contributed by atoms with Crippen molar-refractivity contribution in [3.05, 3.63) is 30.1 Å². The number of carbonyl (C=O) groups is 1. The van der Waals surface area contributed by atoms with Gasteiger partial charge in [0.15, 0.2) is 0 Å². The molecule has 1 heterocycles. The van der Waals surface area contributed by atoms with Crippen LogP contribution in [0.2, 0.25) is 0 Å². The second-order valence-corrected chi connectivity index (χ2v) is 2.72. The van der Waals surface area contributed by atoms with E-state index in [1.54, 1.807) is 6.20 Å². The summed E-state index contributed by atoms with van der Waals surface area (Å²) in [5.74, 6) is -0.490. The molecule has 0 aliphatic heterocycles. The summed E-state index contributed by atoms with van der Waals surface area (Å²) in [6, 6.07) is 5.71. The van der Waals surface area contributed by atoms with Gasteiger partial charge in [-0.2, -0.15) is 0 Å². The average molecular weight is 195 g/mol. The van der Waals surface area contributed by atoms with Crippen molar-refractivity contribution in [1.29, 1.82) is 0 Å². The number of amides is 1. The quantitative estimate of drug-likeness (QED) is 0.479. The van der Waals surface area contributed by atoms with E-state index in [0.717, 1.165) is 12.1 Å². The van der Waals surface area contributed by atoms with Gasteiger partial charge in [-0.3, -0.25) is 14.6 Å². The topological polar surface area (TPSA) is 77.2 Å². The maximum Gasteiger partial charge on any atom is 0.245 e. The van der Waals surface area contributed by atoms with Gasteiger partial charge in [-0.05, 0) is 12.1 Å². The van der Waals surface area contributed by atoms with Crippen LogP contribution in [-0.2, 0) is 16.1 Å². The highest BCUT2D eigenvalue weighted by atomic mass is 16.6. The van der Waals surface area contributed by atoms with Gasteiger partial charge in [-0.1, -0.05) is 6.07 Å². The van der Waals surface area contributed by atoms with Crippen LogP contribution in [0.3, 0.4) is 0 Å². The molecule has 0 fully saturated rings. The van der Waals surface area contributed by atoms with Gasteiger partial charge in [0.1, 0.15) is 6.61 Å². The molecule has 76 valence electrons. The Hall–Kier alpha value is -1.46. The van der Waals surface area contributed by atoms with Crippen LogP contribution in [0.15, 0.2) is 24.4 Å². The third-order valence-electron chi connectivity index (χ3n) is 1.53. The fourth-order valence-electron chi connectivity index (χ4n) is 0.919. The van der Waals surface area contributed by atoms with E-state index < -0.39 is 5.91 Å². The van der Waals surface area contributed by atoms with E-state index in [2.05, 4.69) is 10.5 Å². The predicted molar refractivity (Wildman–Crippen MR) is 51.1 cm³/mol. The number of aromatic nitrogens is 1. The third-order valence-corrected chi connectivity index (χ3v) is 1.53. The van der Waals surface area contributed by atoms with Crippen LogP contribution in [0.4, 0.5) is 0 Å². The van der Waals surface area contributed by atoms with E-state index in [0.29, 0.717) is 6.54 Å². The SMILES string of the molecule is NC(=O)CONCCc1ccccn1. The summed E-state index contributed by atoms with van der Waals surface area (Å²) in [5, 5.41) is 0. The second-order valence-electron chi connectivity index (χ2n) is 2.72. The summed E-state index contributed by atoms with van der Waals surface area (Å²) in [7, 11) is 0. The van der Waals surface area contributed by atoms with Gasteiger partial charge < -0.3 is 5.73 Å². The Morgan fingerprint density at radius 1 is 1.57 bits per heavy atom. The lowest BCUT2D eigenvalue weighted by molar-refractivity contribution is -0.125. The van der Waals surface area contributed by atoms with Gasteiger partial charge in [0.25, 0.3) is 0 Å². The number of nitrogens with one attached hydrogen (secondary N) is 1. The minimum absolute atomic E-state index is 0.109. The predicted octanol–water partition coefficient (Wildman–Crippen LogP) is -0.369. The highest BCUT2D eigenvalue weighted by Crippen LogP contribution is 1.92. The molecule has 0 radical (unpaired) electrons. The molecule has 0 bridgehead atoms. The fourth-order valence-corrected chi connectivity index (χ4v) is 0.919. The number of hydrogen-bond acceptors (Lipinski definition) is 4. The first-order valence-corrected chi connectivity index (χ1v) is 4.32. The number of nitrogens with zero attached hydrogens (tertiary/aromatic N) is 1. The first-order chi connectivity index (χ1) is 6.79. The van der Waals surface area contributed by atoms with E-state index in [-0.39, 0.29) is 6.61 Å². The highest BCUT2D eigenvalue weighted by molar-refractivity contribution is 5.74. The van der Waals surface area contributed by atoms with Gasteiger partial charge in [0, 0.05) is 24.9 Å². The van der Waals surface area contributed by atoms with Crippen LogP contribution < -0.4 is 11.2 Å². The van der Waals surface area contributed by atoms with Crippen LogP contribution in [0.25, 0.3) is 0 Å². The van der Waals surface area contributed by atoms with Crippen molar-refractivity contribution in [2.45, 2.75) is 6.42 Å². The molecule has 14 heavy (non-hydrogen) atoms. The zero-order chi connectivity index (χ0) is 10.2. The molecule has 0 saturated carbocycles. The average Bonchev–Trinajstić information content (AvgIpc) is 2.18. The molecule has 0 unspecified atom stereocenters. The number of hydroxylamine groups is 1. The smallest absolute Gasteiger partial charge is 0.245 e. The summed E-state index contributed by atoms with van der Waals surface area (Å²) < 4.78 is 0. The van der Waals surface area contributed by atoms with Gasteiger partial charge in [-0.25, -0.2) is 5.48 Å². The molecule has 0 atom stereocenters. The molecule has 0 aliphatic rings. The standard InChI is InChI=1S/C9H13N3O2/c10-9(13)7-14-12-6-4-8-3-1-2-5-11-8/h1-3,5,12H,4,6-7H2,(H2,10,13). The maximum absolute atomic E-state index is 10.3. The number of primary amides is 1. The first kappa shape index (κ1) is 10.6. The Bertz CT molecular complexity index is 277. The monoisotopic (exact) mass is 195 g/mol. The number of pyridine rings is 1. The number of nitrogens with two attached hydrogens (primary N) is 1. The second kappa shape index (κ2) is 6.06. The molecule has 0 spiro atoms. The maximum atomic E-state index is 10.3. The van der Waals surface area contributed by atoms with Crippen LogP contribution >= 0.6 is 0 Å². The molecule has 0 aliphatic carbocycles. The number of rotatable bonds is 6. The van der Waals surface area contributed by atoms with Gasteiger partial charge in [0.05, 0.1) is 0 Å². The molecule has 1 rings (SSSR count). The summed E-state index contributed by atoms with van der Waals surface area (Å²) in [6.45, 7) is 0.493. The van der Waals surface area contributed by atoms with E-state index in [4.69, 9.17) is 10.6 Å². The van der Waals surface area contributed by atoms with Crippen LogP contribution in [0, 0.1) is 0 Å². The molecule has 3 N–H and O–H groups in total. The Morgan fingerprint density at radius 2 is 2.43 bits per heavy atom. The number of hydrogen-bond donors (Lipinski definition) is 2. The minimum atomic E-state index is -0.490. The minimum Gasteiger partial charge on any atom is -0.368 e. The Balaban J connectivity index is 2.08. The van der Waals surface area contributed by atoms with E-state index in [1.165, 1.54) is 0 Å². The van der Waals surface area contributed by atoms with Crippen molar-refractivity contribution in [2.24, 2.45) is 5.73 Å². The van der Waals surface area contributed by atoms with Crippen molar-refractivity contribution in [1.82, 2.24) is 10.5 Å². The highest BCUT2D eigenvalue weighted by Gasteiger charge is 1.94. The molecule has 1 amide bonds. The van der Waals surface area contributed by atoms with Crippen LogP contribution in [0.1, 0.15) is 5.69 Å². The van der Waals surface area contributed by atoms with E-state index in [1.807, 2.05) is 18.2 Å². The van der Waals surface area contributed by atoms with Crippen LogP contribution in [-0.4, -0.2) is 24.0 Å². The van der Waals surface area contributed by atoms with Crippen molar-refractivity contribution in [2.75, 3.05) is 13.2 Å². The largest absolute Gasteiger partial charge is 0.368 e. The van der Waals surface area contributed by atoms with Gasteiger partial charge in [0.2, 0.25) is 5.91 Å². The third kappa shape index (κ3) is 4.54. The van der Waals surface area contributed by atoms with Crippen molar-refractivity contribution < 1.29 is 9.63 Å². The molecular formula is C9H13N3O2. The zero-order valence-electron chi connectivity index (χ0n) is 7.77. The van der Waals surface area contributed by atoms with Gasteiger partial charge in [-0.15, -0.1) is 0 Å². The lowest BCUT2D eigenvalue weighted by Crippen LogP contribution is -2.26. The summed E-state index contributed by atoms with van der Waals surface area (Å²) in [6.07, 6.45) is 2.49. The molecule has 1 aromatic rings. The zero-order valence-corrected chi connectivity index (χ0v) is 7.77. The fraction of sp³-hybridized carbons (Fsp3) is 0.333. The van der Waals surface area contributed by atoms with Crippen molar-refractivity contribution >= 4 is 5.91 Å². The Labute approximate surface area is 82.2 Å². The lowest BCUT2D eigenvalue weighted by atomic mass is 10.3. The molecule has 0 aromatic carbocycles. The first-order valence-electron chi connectivity index (χ1n) is 4.32. The normalized spacial score (nSPS) is 10.0. The Morgan fingerprint density at radius 3 is 3.07 bits per heavy atom. The van der Waals surface area contributed by atoms with Crippen molar-refractivity contribution in [3.63, 3.8) is 0 Å². The van der Waals surface area contributed by atoms with Crippen molar-refractivity contribution in [3.8, 4) is 0 Å². The molecule has 5 nitrogen and oxygen atoms in total. The van der Waals surface area contributed by atoms with Gasteiger partial charge >= 0.3 is 0 Å². The Kier molecular flexibility index (Phi) is 4.60.